The highest BCUT2D eigenvalue weighted by atomic mass is 19.1. The zero-order chi connectivity index (χ0) is 19.0. The molecular weight excluding hydrogens is 349 g/mol. The summed E-state index contributed by atoms with van der Waals surface area (Å²) in [5.74, 6) is -0.586. The minimum atomic E-state index is -0.521. The number of nitrogens with zero attached hydrogens (tertiary/aromatic N) is 2. The molecule has 4 rings (SSSR count). The summed E-state index contributed by atoms with van der Waals surface area (Å²) < 4.78 is 13.6. The zero-order valence-electron chi connectivity index (χ0n) is 14.8. The molecule has 0 aromatic heterocycles. The van der Waals surface area contributed by atoms with Gasteiger partial charge in [-0.2, -0.15) is 0 Å². The molecule has 1 aliphatic heterocycles. The highest BCUT2D eigenvalue weighted by Gasteiger charge is 2.28. The smallest absolute Gasteiger partial charge is 0.282 e. The van der Waals surface area contributed by atoms with E-state index in [0.29, 0.717) is 18.8 Å². The van der Waals surface area contributed by atoms with Crippen LogP contribution in [-0.2, 0) is 6.42 Å². The highest BCUT2D eigenvalue weighted by molar-refractivity contribution is 5.99. The van der Waals surface area contributed by atoms with Crippen molar-refractivity contribution in [1.82, 2.24) is 4.90 Å². The lowest BCUT2D eigenvalue weighted by Gasteiger charge is -2.18. The fourth-order valence-corrected chi connectivity index (χ4v) is 3.97. The number of carbonyl (C=O) groups is 1. The van der Waals surface area contributed by atoms with Crippen LogP contribution in [0.5, 0.6) is 0 Å². The third-order valence-electron chi connectivity index (χ3n) is 5.34. The van der Waals surface area contributed by atoms with Crippen molar-refractivity contribution in [2.45, 2.75) is 31.7 Å². The van der Waals surface area contributed by atoms with Crippen LogP contribution in [0, 0.1) is 15.9 Å². The Morgan fingerprint density at radius 1 is 1.19 bits per heavy atom. The first kappa shape index (κ1) is 17.5. The van der Waals surface area contributed by atoms with Crippen LogP contribution in [0.4, 0.5) is 15.8 Å². The molecule has 0 saturated carbocycles. The maximum absolute atomic E-state index is 13.6. The molecule has 140 valence electrons. The maximum atomic E-state index is 13.6. The number of carbonyl (C=O) groups excluding carboxylic acids is 1. The fraction of sp³-hybridized carbons (Fsp3) is 0.350. The van der Waals surface area contributed by atoms with Crippen molar-refractivity contribution in [3.05, 3.63) is 69.0 Å². The number of likely N-dealkylation sites (tertiary alicyclic amines) is 1. The molecule has 2 aromatic rings. The van der Waals surface area contributed by atoms with Crippen LogP contribution < -0.4 is 5.32 Å². The van der Waals surface area contributed by atoms with E-state index in [1.54, 1.807) is 23.1 Å². The van der Waals surface area contributed by atoms with Crippen molar-refractivity contribution in [1.29, 1.82) is 0 Å². The van der Waals surface area contributed by atoms with Crippen LogP contribution in [-0.4, -0.2) is 28.8 Å². The molecule has 0 radical (unpaired) electrons. The Hall–Kier alpha value is -2.96. The van der Waals surface area contributed by atoms with E-state index in [4.69, 9.17) is 0 Å². The highest BCUT2D eigenvalue weighted by Crippen LogP contribution is 2.35. The zero-order valence-corrected chi connectivity index (χ0v) is 14.8. The van der Waals surface area contributed by atoms with Gasteiger partial charge in [0.2, 0.25) is 0 Å². The molecule has 0 spiro atoms. The molecule has 2 aliphatic rings. The van der Waals surface area contributed by atoms with E-state index in [1.165, 1.54) is 18.2 Å². The SMILES string of the molecule is O=C(c1cc(NC2CCc3ccc(F)cc32)ccc1[N+](=O)[O-])N1CCCC1. The summed E-state index contributed by atoms with van der Waals surface area (Å²) >= 11 is 0. The topological polar surface area (TPSA) is 75.5 Å². The fourth-order valence-electron chi connectivity index (χ4n) is 3.97. The summed E-state index contributed by atoms with van der Waals surface area (Å²) in [4.78, 5) is 25.3. The molecule has 0 bridgehead atoms. The lowest BCUT2D eigenvalue weighted by molar-refractivity contribution is -0.385. The van der Waals surface area contributed by atoms with E-state index in [-0.39, 0.29) is 29.0 Å². The molecule has 6 nitrogen and oxygen atoms in total. The summed E-state index contributed by atoms with van der Waals surface area (Å²) in [5, 5.41) is 14.7. The molecule has 1 amide bonds. The van der Waals surface area contributed by atoms with Gasteiger partial charge in [0.05, 0.1) is 11.0 Å². The Morgan fingerprint density at radius 3 is 2.70 bits per heavy atom. The van der Waals surface area contributed by atoms with E-state index in [2.05, 4.69) is 5.32 Å². The van der Waals surface area contributed by atoms with Crippen molar-refractivity contribution >= 4 is 17.3 Å². The number of nitro groups is 1. The molecule has 1 saturated heterocycles. The number of nitro benzene ring substituents is 1. The summed E-state index contributed by atoms with van der Waals surface area (Å²) in [6.45, 7) is 1.26. The minimum absolute atomic E-state index is 0.0769. The van der Waals surface area contributed by atoms with Gasteiger partial charge in [-0.05, 0) is 61.1 Å². The third-order valence-corrected chi connectivity index (χ3v) is 5.34. The van der Waals surface area contributed by atoms with Gasteiger partial charge in [0.25, 0.3) is 11.6 Å². The predicted octanol–water partition coefficient (Wildman–Crippen LogP) is 4.07. The molecule has 1 fully saturated rings. The number of fused-ring (bicyclic) bond motifs is 1. The van der Waals surface area contributed by atoms with Gasteiger partial charge >= 0.3 is 0 Å². The summed E-state index contributed by atoms with van der Waals surface area (Å²) in [6, 6.07) is 9.23. The number of amides is 1. The molecule has 1 aliphatic carbocycles. The first-order chi connectivity index (χ1) is 13.0. The number of halogens is 1. The monoisotopic (exact) mass is 369 g/mol. The minimum Gasteiger partial charge on any atom is -0.378 e. The van der Waals surface area contributed by atoms with Gasteiger partial charge in [-0.3, -0.25) is 14.9 Å². The van der Waals surface area contributed by atoms with E-state index >= 15 is 0 Å². The Morgan fingerprint density at radius 2 is 1.96 bits per heavy atom. The summed E-state index contributed by atoms with van der Waals surface area (Å²) in [5.41, 5.74) is 2.55. The van der Waals surface area contributed by atoms with Gasteiger partial charge in [-0.25, -0.2) is 4.39 Å². The van der Waals surface area contributed by atoms with Crippen molar-refractivity contribution in [2.24, 2.45) is 0 Å². The normalized spacial score (nSPS) is 18.4. The van der Waals surface area contributed by atoms with Crippen LogP contribution in [0.1, 0.15) is 46.8 Å². The van der Waals surface area contributed by atoms with E-state index in [1.807, 2.05) is 0 Å². The Balaban J connectivity index is 1.63. The van der Waals surface area contributed by atoms with Gasteiger partial charge in [-0.1, -0.05) is 6.07 Å². The molecule has 1 unspecified atom stereocenters. The summed E-state index contributed by atoms with van der Waals surface area (Å²) in [7, 11) is 0. The van der Waals surface area contributed by atoms with Crippen LogP contribution in [0.25, 0.3) is 0 Å². The number of benzene rings is 2. The average molecular weight is 369 g/mol. The molecule has 1 heterocycles. The Labute approximate surface area is 156 Å². The second-order valence-corrected chi connectivity index (χ2v) is 7.07. The standard InChI is InChI=1S/C20H20FN3O3/c21-14-5-3-13-4-7-18(16(13)11-14)22-15-6-8-19(24(26)27)17(12-15)20(25)23-9-1-2-10-23/h3,5-6,8,11-12,18,22H,1-2,4,7,9-10H2. The van der Waals surface area contributed by atoms with Gasteiger partial charge in [0.15, 0.2) is 0 Å². The Bertz CT molecular complexity index is 909. The molecule has 2 aromatic carbocycles. The number of anilines is 1. The molecular formula is C20H20FN3O3. The van der Waals surface area contributed by atoms with Gasteiger partial charge in [-0.15, -0.1) is 0 Å². The van der Waals surface area contributed by atoms with Gasteiger partial charge in [0.1, 0.15) is 11.4 Å². The Kier molecular flexibility index (Phi) is 4.51. The first-order valence-corrected chi connectivity index (χ1v) is 9.15. The maximum Gasteiger partial charge on any atom is 0.282 e. The van der Waals surface area contributed by atoms with Crippen molar-refractivity contribution in [2.75, 3.05) is 18.4 Å². The largest absolute Gasteiger partial charge is 0.378 e. The van der Waals surface area contributed by atoms with E-state index in [9.17, 15) is 19.3 Å². The second kappa shape index (κ2) is 6.98. The van der Waals surface area contributed by atoms with Crippen LogP contribution >= 0.6 is 0 Å². The molecule has 27 heavy (non-hydrogen) atoms. The number of hydrogen-bond donors (Lipinski definition) is 1. The van der Waals surface area contributed by atoms with Crippen molar-refractivity contribution in [3.8, 4) is 0 Å². The lowest BCUT2D eigenvalue weighted by Crippen LogP contribution is -2.28. The third kappa shape index (κ3) is 3.37. The van der Waals surface area contributed by atoms with E-state index in [0.717, 1.165) is 36.8 Å². The molecule has 1 N–H and O–H groups in total. The lowest BCUT2D eigenvalue weighted by atomic mass is 10.1. The van der Waals surface area contributed by atoms with E-state index < -0.39 is 4.92 Å². The average Bonchev–Trinajstić information content (AvgIpc) is 3.31. The van der Waals surface area contributed by atoms with Gasteiger partial charge in [0, 0.05) is 24.8 Å². The predicted molar refractivity (Wildman–Crippen MR) is 99.3 cm³/mol. The number of aryl methyl sites for hydroxylation is 1. The second-order valence-electron chi connectivity index (χ2n) is 7.07. The first-order valence-electron chi connectivity index (χ1n) is 9.15. The molecule has 7 heteroatoms. The number of nitrogens with one attached hydrogen (secondary N) is 1. The van der Waals surface area contributed by atoms with Gasteiger partial charge < -0.3 is 10.2 Å². The molecule has 1 atom stereocenters. The number of hydrogen-bond acceptors (Lipinski definition) is 4. The number of rotatable bonds is 4. The summed E-state index contributed by atoms with van der Waals surface area (Å²) in [6.07, 6.45) is 3.49. The van der Waals surface area contributed by atoms with Crippen LogP contribution in [0.2, 0.25) is 0 Å². The van der Waals surface area contributed by atoms with Crippen LogP contribution in [0.15, 0.2) is 36.4 Å². The van der Waals surface area contributed by atoms with Crippen molar-refractivity contribution < 1.29 is 14.1 Å². The quantitative estimate of drug-likeness (QED) is 0.651. The van der Waals surface area contributed by atoms with Crippen molar-refractivity contribution in [3.63, 3.8) is 0 Å². The van der Waals surface area contributed by atoms with Crippen LogP contribution in [0.3, 0.4) is 0 Å².